The predicted molar refractivity (Wildman–Crippen MR) is 115 cm³/mol. The maximum absolute atomic E-state index is 13.5. The van der Waals surface area contributed by atoms with Gasteiger partial charge in [-0.2, -0.15) is 0 Å². The lowest BCUT2D eigenvalue weighted by Gasteiger charge is -2.28. The molecular formula is C23H18N4O5. The minimum absolute atomic E-state index is 0.115. The van der Waals surface area contributed by atoms with Crippen molar-refractivity contribution in [2.24, 2.45) is 5.92 Å². The SMILES string of the molecule is Cc1ccc(N2C(=O)C3ON(c4cccc([N+](=O)[O-])c4)C(c4ccncc4)C3C2=O)cc1. The van der Waals surface area contributed by atoms with E-state index in [1.807, 2.05) is 19.1 Å². The van der Waals surface area contributed by atoms with Crippen LogP contribution >= 0.6 is 0 Å². The Bertz CT molecular complexity index is 1210. The number of non-ortho nitro benzene ring substituents is 1. The number of hydrogen-bond donors (Lipinski definition) is 0. The number of hydroxylamine groups is 1. The monoisotopic (exact) mass is 430 g/mol. The number of nitrogens with zero attached hydrogens (tertiary/aromatic N) is 4. The Labute approximate surface area is 183 Å². The zero-order valence-corrected chi connectivity index (χ0v) is 17.0. The quantitative estimate of drug-likeness (QED) is 0.355. The lowest BCUT2D eigenvalue weighted by atomic mass is 9.91. The molecule has 2 fully saturated rings. The highest BCUT2D eigenvalue weighted by Crippen LogP contribution is 2.47. The average molecular weight is 430 g/mol. The summed E-state index contributed by atoms with van der Waals surface area (Å²) in [5.74, 6) is -1.65. The number of nitro groups is 1. The molecule has 3 atom stereocenters. The zero-order valence-electron chi connectivity index (χ0n) is 17.0. The largest absolute Gasteiger partial charge is 0.273 e. The van der Waals surface area contributed by atoms with Crippen LogP contribution in [0.5, 0.6) is 0 Å². The molecule has 2 amide bonds. The van der Waals surface area contributed by atoms with E-state index in [2.05, 4.69) is 4.98 Å². The predicted octanol–water partition coefficient (Wildman–Crippen LogP) is 3.35. The molecule has 2 aliphatic rings. The molecule has 2 aromatic carbocycles. The van der Waals surface area contributed by atoms with Gasteiger partial charge in [0, 0.05) is 24.5 Å². The molecule has 3 heterocycles. The van der Waals surface area contributed by atoms with E-state index in [4.69, 9.17) is 4.84 Å². The Balaban J connectivity index is 1.58. The van der Waals surface area contributed by atoms with Gasteiger partial charge >= 0.3 is 0 Å². The van der Waals surface area contributed by atoms with Crippen molar-refractivity contribution in [1.82, 2.24) is 4.98 Å². The number of fused-ring (bicyclic) bond motifs is 1. The van der Waals surface area contributed by atoms with Gasteiger partial charge in [0.25, 0.3) is 11.6 Å². The Morgan fingerprint density at radius 1 is 0.969 bits per heavy atom. The fraction of sp³-hybridized carbons (Fsp3) is 0.174. The van der Waals surface area contributed by atoms with E-state index in [0.717, 1.165) is 10.5 Å². The third kappa shape index (κ3) is 3.10. The molecule has 160 valence electrons. The molecule has 3 aromatic rings. The number of amides is 2. The molecule has 0 bridgehead atoms. The molecule has 0 aliphatic carbocycles. The summed E-state index contributed by atoms with van der Waals surface area (Å²) in [6, 6.07) is 15.9. The second-order valence-electron chi connectivity index (χ2n) is 7.73. The number of nitro benzene ring substituents is 1. The maximum Gasteiger partial charge on any atom is 0.271 e. The Morgan fingerprint density at radius 2 is 1.69 bits per heavy atom. The molecule has 3 unspecified atom stereocenters. The Kier molecular flexibility index (Phi) is 4.67. The minimum atomic E-state index is -1.04. The first kappa shape index (κ1) is 19.8. The Hall–Kier alpha value is -4.11. The first-order chi connectivity index (χ1) is 15.5. The van der Waals surface area contributed by atoms with Crippen molar-refractivity contribution in [2.45, 2.75) is 19.1 Å². The second kappa shape index (κ2) is 7.54. The van der Waals surface area contributed by atoms with Crippen LogP contribution in [0.15, 0.2) is 73.1 Å². The maximum atomic E-state index is 13.5. The summed E-state index contributed by atoms with van der Waals surface area (Å²) in [6.45, 7) is 1.92. The summed E-state index contributed by atoms with van der Waals surface area (Å²) in [7, 11) is 0. The smallest absolute Gasteiger partial charge is 0.271 e. The van der Waals surface area contributed by atoms with Crippen LogP contribution in [-0.2, 0) is 14.4 Å². The summed E-state index contributed by atoms with van der Waals surface area (Å²) in [4.78, 5) is 48.7. The molecule has 2 aliphatic heterocycles. The van der Waals surface area contributed by atoms with Gasteiger partial charge in [-0.1, -0.05) is 23.8 Å². The van der Waals surface area contributed by atoms with E-state index in [9.17, 15) is 19.7 Å². The highest BCUT2D eigenvalue weighted by Gasteiger charge is 2.60. The number of carbonyl (C=O) groups is 2. The lowest BCUT2D eigenvalue weighted by Crippen LogP contribution is -2.37. The number of imide groups is 1. The van der Waals surface area contributed by atoms with E-state index in [0.29, 0.717) is 16.9 Å². The van der Waals surface area contributed by atoms with Gasteiger partial charge in [-0.3, -0.25) is 29.5 Å². The number of benzene rings is 2. The van der Waals surface area contributed by atoms with Gasteiger partial charge in [0.2, 0.25) is 5.91 Å². The van der Waals surface area contributed by atoms with E-state index in [-0.39, 0.29) is 11.6 Å². The van der Waals surface area contributed by atoms with Crippen molar-refractivity contribution in [2.75, 3.05) is 9.96 Å². The van der Waals surface area contributed by atoms with Crippen LogP contribution in [0.3, 0.4) is 0 Å². The van der Waals surface area contributed by atoms with Gasteiger partial charge < -0.3 is 0 Å². The second-order valence-corrected chi connectivity index (χ2v) is 7.73. The molecule has 32 heavy (non-hydrogen) atoms. The third-order valence-electron chi connectivity index (χ3n) is 5.75. The van der Waals surface area contributed by atoms with Gasteiger partial charge in [0.05, 0.1) is 22.3 Å². The topological polar surface area (TPSA) is 106 Å². The fourth-order valence-corrected chi connectivity index (χ4v) is 4.23. The van der Waals surface area contributed by atoms with E-state index in [1.54, 1.807) is 42.7 Å². The first-order valence-corrected chi connectivity index (χ1v) is 10.0. The van der Waals surface area contributed by atoms with Crippen LogP contribution in [0, 0.1) is 23.0 Å². The van der Waals surface area contributed by atoms with Gasteiger partial charge in [-0.15, -0.1) is 0 Å². The normalized spacial score (nSPS) is 22.3. The molecule has 0 spiro atoms. The van der Waals surface area contributed by atoms with Crippen molar-refractivity contribution < 1.29 is 19.3 Å². The van der Waals surface area contributed by atoms with Crippen molar-refractivity contribution in [3.8, 4) is 0 Å². The molecule has 5 rings (SSSR count). The van der Waals surface area contributed by atoms with Gasteiger partial charge in [-0.25, -0.2) is 9.96 Å². The van der Waals surface area contributed by atoms with Gasteiger partial charge in [0.1, 0.15) is 5.92 Å². The lowest BCUT2D eigenvalue weighted by molar-refractivity contribution is -0.384. The fourth-order valence-electron chi connectivity index (χ4n) is 4.23. The molecular weight excluding hydrogens is 412 g/mol. The van der Waals surface area contributed by atoms with Crippen LogP contribution in [0.1, 0.15) is 17.2 Å². The van der Waals surface area contributed by atoms with Gasteiger partial charge in [0.15, 0.2) is 6.10 Å². The number of hydrogen-bond acceptors (Lipinski definition) is 7. The van der Waals surface area contributed by atoms with Crippen LogP contribution in [-0.4, -0.2) is 27.8 Å². The number of anilines is 2. The molecule has 1 aromatic heterocycles. The number of pyridine rings is 1. The summed E-state index contributed by atoms with van der Waals surface area (Å²) >= 11 is 0. The minimum Gasteiger partial charge on any atom is -0.273 e. The average Bonchev–Trinajstić information content (AvgIpc) is 3.31. The molecule has 9 heteroatoms. The van der Waals surface area contributed by atoms with Crippen molar-refractivity contribution in [3.63, 3.8) is 0 Å². The molecule has 0 radical (unpaired) electrons. The van der Waals surface area contributed by atoms with Crippen LogP contribution in [0.4, 0.5) is 17.1 Å². The summed E-state index contributed by atoms with van der Waals surface area (Å²) in [6.07, 6.45) is 2.14. The number of aromatic nitrogens is 1. The standard InChI is InChI=1S/C23H18N4O5/c1-14-5-7-16(8-6-14)25-22(28)19-20(15-9-11-24-12-10-15)26(32-21(19)23(25)29)17-3-2-4-18(13-17)27(30)31/h2-13,19-21H,1H3. The number of carbonyl (C=O) groups excluding carboxylic acids is 2. The summed E-state index contributed by atoms with van der Waals surface area (Å²) in [5, 5.41) is 12.7. The molecule has 0 saturated carbocycles. The Morgan fingerprint density at radius 3 is 2.38 bits per heavy atom. The van der Waals surface area contributed by atoms with Crippen LogP contribution < -0.4 is 9.96 Å². The highest BCUT2D eigenvalue weighted by atomic mass is 16.7. The highest BCUT2D eigenvalue weighted by molar-refractivity contribution is 6.23. The van der Waals surface area contributed by atoms with Crippen molar-refractivity contribution in [3.05, 3.63) is 94.3 Å². The van der Waals surface area contributed by atoms with Gasteiger partial charge in [-0.05, 0) is 42.8 Å². The molecule has 9 nitrogen and oxygen atoms in total. The van der Waals surface area contributed by atoms with E-state index in [1.165, 1.54) is 23.3 Å². The third-order valence-corrected chi connectivity index (χ3v) is 5.75. The summed E-state index contributed by atoms with van der Waals surface area (Å²) < 4.78 is 0. The van der Waals surface area contributed by atoms with Crippen molar-refractivity contribution in [1.29, 1.82) is 0 Å². The summed E-state index contributed by atoms with van der Waals surface area (Å²) in [5.41, 5.74) is 2.48. The first-order valence-electron chi connectivity index (χ1n) is 10.0. The molecule has 0 N–H and O–H groups in total. The zero-order chi connectivity index (χ0) is 22.4. The van der Waals surface area contributed by atoms with E-state index < -0.39 is 28.9 Å². The van der Waals surface area contributed by atoms with Crippen LogP contribution in [0.2, 0.25) is 0 Å². The number of rotatable bonds is 4. The molecule has 2 saturated heterocycles. The number of aryl methyl sites for hydroxylation is 1. The van der Waals surface area contributed by atoms with Crippen LogP contribution in [0.25, 0.3) is 0 Å². The van der Waals surface area contributed by atoms with E-state index >= 15 is 0 Å². The van der Waals surface area contributed by atoms with Crippen molar-refractivity contribution >= 4 is 28.9 Å².